The zero-order valence-electron chi connectivity index (χ0n) is 19.2. The number of fused-ring (bicyclic) bond motifs is 1. The van der Waals surface area contributed by atoms with Gasteiger partial charge >= 0.3 is 5.69 Å². The van der Waals surface area contributed by atoms with Crippen molar-refractivity contribution in [3.8, 4) is 0 Å². The lowest BCUT2D eigenvalue weighted by molar-refractivity contribution is -0.148. The number of hydrogen-bond acceptors (Lipinski definition) is 7. The summed E-state index contributed by atoms with van der Waals surface area (Å²) in [6.07, 6.45) is 6.54. The van der Waals surface area contributed by atoms with Crippen molar-refractivity contribution in [3.05, 3.63) is 46.8 Å². The summed E-state index contributed by atoms with van der Waals surface area (Å²) in [5, 5.41) is 0. The molecule has 180 valence electrons. The van der Waals surface area contributed by atoms with Gasteiger partial charge in [-0.05, 0) is 25.0 Å². The molecule has 2 saturated heterocycles. The minimum Gasteiger partial charge on any atom is -0.368 e. The zero-order chi connectivity index (χ0) is 23.9. The first-order chi connectivity index (χ1) is 16.4. The Bertz CT molecular complexity index is 1240. The van der Waals surface area contributed by atoms with Crippen LogP contribution in [0.2, 0.25) is 0 Å². The standard InChI is InChI=1S/C23H29FN8O2/c1-29-18-3-2-8-26-19(18)32(22(29)34)17-4-9-31(10-5-17)20(33)23(24)6-11-30(12-7-23)15-16-13-27-21(25)28-14-16/h2-3,8,13-14,17H,4-7,9-12,15H2,1H3,(H2,25,27,28). The van der Waals surface area contributed by atoms with E-state index in [0.717, 1.165) is 11.1 Å². The fourth-order valence-corrected chi connectivity index (χ4v) is 5.11. The number of piperidine rings is 2. The number of rotatable bonds is 4. The molecule has 0 unspecified atom stereocenters. The van der Waals surface area contributed by atoms with Crippen LogP contribution in [0.1, 0.15) is 37.3 Å². The number of anilines is 1. The molecule has 0 radical (unpaired) electrons. The molecule has 0 atom stereocenters. The maximum absolute atomic E-state index is 15.7. The van der Waals surface area contributed by atoms with Crippen molar-refractivity contribution in [1.29, 1.82) is 0 Å². The summed E-state index contributed by atoms with van der Waals surface area (Å²) in [6, 6.07) is 3.62. The molecule has 0 saturated carbocycles. The molecule has 2 N–H and O–H groups in total. The van der Waals surface area contributed by atoms with Crippen molar-refractivity contribution in [2.24, 2.45) is 7.05 Å². The van der Waals surface area contributed by atoms with Crippen LogP contribution in [0.25, 0.3) is 11.2 Å². The summed E-state index contributed by atoms with van der Waals surface area (Å²) in [4.78, 5) is 42.0. The molecule has 0 bridgehead atoms. The Morgan fingerprint density at radius 1 is 1.15 bits per heavy atom. The minimum absolute atomic E-state index is 0.0605. The second-order valence-electron chi connectivity index (χ2n) is 9.27. The lowest BCUT2D eigenvalue weighted by Crippen LogP contribution is -2.54. The highest BCUT2D eigenvalue weighted by Gasteiger charge is 2.45. The summed E-state index contributed by atoms with van der Waals surface area (Å²) in [5.41, 5.74) is 5.91. The predicted molar refractivity (Wildman–Crippen MR) is 125 cm³/mol. The van der Waals surface area contributed by atoms with Crippen LogP contribution in [0.5, 0.6) is 0 Å². The Hall–Kier alpha value is -3.34. The molecule has 34 heavy (non-hydrogen) atoms. The number of nitrogen functional groups attached to an aromatic ring is 1. The predicted octanol–water partition coefficient (Wildman–Crippen LogP) is 1.28. The summed E-state index contributed by atoms with van der Waals surface area (Å²) in [6.45, 7) is 2.43. The Kier molecular flexibility index (Phi) is 5.80. The summed E-state index contributed by atoms with van der Waals surface area (Å²) < 4.78 is 19.0. The van der Waals surface area contributed by atoms with Crippen LogP contribution < -0.4 is 11.4 Å². The fraction of sp³-hybridized carbons (Fsp3) is 0.522. The molecule has 5 rings (SSSR count). The Morgan fingerprint density at radius 2 is 1.82 bits per heavy atom. The fourth-order valence-electron chi connectivity index (χ4n) is 5.11. The zero-order valence-corrected chi connectivity index (χ0v) is 19.2. The van der Waals surface area contributed by atoms with Gasteiger partial charge in [0.1, 0.15) is 0 Å². The molecule has 5 heterocycles. The smallest absolute Gasteiger partial charge is 0.330 e. The van der Waals surface area contributed by atoms with Gasteiger partial charge in [-0.15, -0.1) is 0 Å². The van der Waals surface area contributed by atoms with Crippen molar-refractivity contribution in [1.82, 2.24) is 33.9 Å². The highest BCUT2D eigenvalue weighted by atomic mass is 19.1. The van der Waals surface area contributed by atoms with Gasteiger partial charge in [-0.1, -0.05) is 0 Å². The normalized spacial score (nSPS) is 19.5. The van der Waals surface area contributed by atoms with E-state index in [0.29, 0.717) is 51.2 Å². The van der Waals surface area contributed by atoms with Crippen molar-refractivity contribution in [2.75, 3.05) is 31.9 Å². The number of imidazole rings is 1. The van der Waals surface area contributed by atoms with E-state index < -0.39 is 11.6 Å². The van der Waals surface area contributed by atoms with Crippen LogP contribution in [-0.2, 0) is 18.4 Å². The van der Waals surface area contributed by atoms with Gasteiger partial charge in [-0.25, -0.2) is 24.1 Å². The lowest BCUT2D eigenvalue weighted by atomic mass is 9.90. The SMILES string of the molecule is Cn1c(=O)n(C2CCN(C(=O)C3(F)CCN(Cc4cnc(N)nc4)CC3)CC2)c2ncccc21. The molecular weight excluding hydrogens is 439 g/mol. The number of carbonyl (C=O) groups excluding carboxylic acids is 1. The molecule has 2 fully saturated rings. The minimum atomic E-state index is -1.85. The van der Waals surface area contributed by atoms with Gasteiger partial charge in [0.05, 0.1) is 5.52 Å². The number of carbonyl (C=O) groups is 1. The van der Waals surface area contributed by atoms with Crippen LogP contribution >= 0.6 is 0 Å². The quantitative estimate of drug-likeness (QED) is 0.613. The van der Waals surface area contributed by atoms with Crippen LogP contribution in [-0.4, -0.2) is 71.6 Å². The van der Waals surface area contributed by atoms with E-state index >= 15 is 4.39 Å². The number of halogens is 1. The van der Waals surface area contributed by atoms with Gasteiger partial charge in [0, 0.05) is 82.8 Å². The first-order valence-corrected chi connectivity index (χ1v) is 11.6. The molecule has 2 aliphatic heterocycles. The Labute approximate surface area is 196 Å². The molecule has 11 heteroatoms. The third kappa shape index (κ3) is 4.04. The molecule has 3 aromatic rings. The van der Waals surface area contributed by atoms with Gasteiger partial charge in [-0.3, -0.25) is 18.8 Å². The van der Waals surface area contributed by atoms with Crippen molar-refractivity contribution in [2.45, 2.75) is 43.9 Å². The highest BCUT2D eigenvalue weighted by Crippen LogP contribution is 2.32. The maximum Gasteiger partial charge on any atom is 0.330 e. The van der Waals surface area contributed by atoms with Gasteiger partial charge < -0.3 is 10.6 Å². The maximum atomic E-state index is 15.7. The molecule has 10 nitrogen and oxygen atoms in total. The number of amides is 1. The van der Waals surface area contributed by atoms with Gasteiger partial charge in [0.15, 0.2) is 11.3 Å². The number of likely N-dealkylation sites (tertiary alicyclic amines) is 2. The van der Waals surface area contributed by atoms with Crippen LogP contribution in [0.4, 0.5) is 10.3 Å². The number of alkyl halides is 1. The third-order valence-corrected chi connectivity index (χ3v) is 7.13. The number of hydrogen-bond donors (Lipinski definition) is 1. The van der Waals surface area contributed by atoms with Gasteiger partial charge in [0.25, 0.3) is 5.91 Å². The van der Waals surface area contributed by atoms with Crippen molar-refractivity contribution < 1.29 is 9.18 Å². The molecular formula is C23H29FN8O2. The van der Waals surface area contributed by atoms with E-state index in [9.17, 15) is 9.59 Å². The summed E-state index contributed by atoms with van der Waals surface area (Å²) >= 11 is 0. The second-order valence-corrected chi connectivity index (χ2v) is 9.27. The van der Waals surface area contributed by atoms with E-state index in [1.54, 1.807) is 39.7 Å². The first-order valence-electron chi connectivity index (χ1n) is 11.6. The first kappa shape index (κ1) is 22.5. The molecule has 3 aromatic heterocycles. The number of aryl methyl sites for hydroxylation is 1. The summed E-state index contributed by atoms with van der Waals surface area (Å²) in [5.74, 6) is -0.203. The molecule has 2 aliphatic rings. The van der Waals surface area contributed by atoms with Crippen LogP contribution in [0.3, 0.4) is 0 Å². The number of nitrogens with two attached hydrogens (primary N) is 1. The highest BCUT2D eigenvalue weighted by molar-refractivity contribution is 5.85. The van der Waals surface area contributed by atoms with E-state index in [-0.39, 0.29) is 30.5 Å². The molecule has 0 spiro atoms. The largest absolute Gasteiger partial charge is 0.368 e. The monoisotopic (exact) mass is 468 g/mol. The average Bonchev–Trinajstić information content (AvgIpc) is 3.12. The van der Waals surface area contributed by atoms with Gasteiger partial charge in [0.2, 0.25) is 5.95 Å². The van der Waals surface area contributed by atoms with E-state index in [2.05, 4.69) is 19.9 Å². The molecule has 0 aromatic carbocycles. The number of pyridine rings is 1. The summed E-state index contributed by atoms with van der Waals surface area (Å²) in [7, 11) is 1.74. The lowest BCUT2D eigenvalue weighted by Gasteiger charge is -2.40. The third-order valence-electron chi connectivity index (χ3n) is 7.13. The molecule has 1 amide bonds. The van der Waals surface area contributed by atoms with Gasteiger partial charge in [-0.2, -0.15) is 0 Å². The Balaban J connectivity index is 1.20. The Morgan fingerprint density at radius 3 is 2.50 bits per heavy atom. The van der Waals surface area contributed by atoms with Crippen molar-refractivity contribution >= 4 is 23.0 Å². The second kappa shape index (κ2) is 8.79. The average molecular weight is 469 g/mol. The topological polar surface area (TPSA) is 115 Å². The van der Waals surface area contributed by atoms with Crippen LogP contribution in [0.15, 0.2) is 35.5 Å². The molecule has 0 aliphatic carbocycles. The van der Waals surface area contributed by atoms with Crippen molar-refractivity contribution in [3.63, 3.8) is 0 Å². The number of aromatic nitrogens is 5. The van der Waals surface area contributed by atoms with E-state index in [1.165, 1.54) is 0 Å². The van der Waals surface area contributed by atoms with Crippen LogP contribution in [0, 0.1) is 0 Å². The van der Waals surface area contributed by atoms with E-state index in [1.807, 2.05) is 12.1 Å². The number of nitrogens with zero attached hydrogens (tertiary/aromatic N) is 7. The van der Waals surface area contributed by atoms with E-state index in [4.69, 9.17) is 5.73 Å².